The first-order valence-corrected chi connectivity index (χ1v) is 12.2. The third-order valence-corrected chi connectivity index (χ3v) is 7.67. The Morgan fingerprint density at radius 2 is 1.77 bits per heavy atom. The second-order valence-electron chi connectivity index (χ2n) is 8.82. The molecule has 0 aromatic carbocycles. The highest BCUT2D eigenvalue weighted by Crippen LogP contribution is 2.32. The molecule has 0 bridgehead atoms. The number of carbonyl (C=O) groups excluding carboxylic acids is 2. The standard InChI is InChI=1S/C22H34N4O3S/c1-15-20(30-16(2)24-15)21(27)23-9-12-26(19-7-13-29-14-8-19)18-5-10-25(11-6-18)22(28)17-3-4-17/h17-19H,3-14H2,1-2H3,(H,23,27). The van der Waals surface area contributed by atoms with Crippen molar-refractivity contribution in [1.29, 1.82) is 0 Å². The molecule has 1 aliphatic carbocycles. The Hall–Kier alpha value is -1.51. The zero-order chi connectivity index (χ0) is 21.1. The Balaban J connectivity index is 1.32. The van der Waals surface area contributed by atoms with E-state index in [4.69, 9.17) is 4.74 Å². The van der Waals surface area contributed by atoms with E-state index in [-0.39, 0.29) is 5.91 Å². The van der Waals surface area contributed by atoms with Crippen LogP contribution in [0.2, 0.25) is 0 Å². The van der Waals surface area contributed by atoms with E-state index >= 15 is 0 Å². The molecule has 7 nitrogen and oxygen atoms in total. The number of carbonyl (C=O) groups is 2. The summed E-state index contributed by atoms with van der Waals surface area (Å²) in [5.74, 6) is 0.658. The van der Waals surface area contributed by atoms with Crippen molar-refractivity contribution in [1.82, 2.24) is 20.1 Å². The quantitative estimate of drug-likeness (QED) is 0.713. The molecule has 1 aromatic rings. The lowest BCUT2D eigenvalue weighted by Gasteiger charge is -2.43. The number of piperidine rings is 1. The van der Waals surface area contributed by atoms with Crippen LogP contribution in [0.25, 0.3) is 0 Å². The highest BCUT2D eigenvalue weighted by Gasteiger charge is 2.37. The molecule has 1 saturated carbocycles. The van der Waals surface area contributed by atoms with Gasteiger partial charge in [0.05, 0.1) is 10.7 Å². The fraction of sp³-hybridized carbons (Fsp3) is 0.773. The number of thiazole rings is 1. The number of rotatable bonds is 7. The number of ether oxygens (including phenoxy) is 1. The van der Waals surface area contributed by atoms with Gasteiger partial charge >= 0.3 is 0 Å². The lowest BCUT2D eigenvalue weighted by Crippen LogP contribution is -2.53. The van der Waals surface area contributed by atoms with E-state index in [9.17, 15) is 9.59 Å². The van der Waals surface area contributed by atoms with Crippen molar-refractivity contribution in [3.8, 4) is 0 Å². The van der Waals surface area contributed by atoms with Gasteiger partial charge in [0, 0.05) is 57.4 Å². The second-order valence-corrected chi connectivity index (χ2v) is 10.0. The lowest BCUT2D eigenvalue weighted by atomic mass is 9.97. The van der Waals surface area contributed by atoms with Gasteiger partial charge in [-0.1, -0.05) is 0 Å². The Kier molecular flexibility index (Phi) is 7.05. The Morgan fingerprint density at radius 1 is 1.10 bits per heavy atom. The second kappa shape index (κ2) is 9.75. The van der Waals surface area contributed by atoms with Crippen molar-refractivity contribution in [2.24, 2.45) is 5.92 Å². The van der Waals surface area contributed by atoms with Crippen LogP contribution in [0.1, 0.15) is 58.9 Å². The summed E-state index contributed by atoms with van der Waals surface area (Å²) in [6.07, 6.45) is 6.29. The maximum atomic E-state index is 12.6. The van der Waals surface area contributed by atoms with Gasteiger partial charge in [0.25, 0.3) is 5.91 Å². The highest BCUT2D eigenvalue weighted by molar-refractivity contribution is 7.13. The minimum absolute atomic E-state index is 0.0186. The Bertz CT molecular complexity index is 750. The summed E-state index contributed by atoms with van der Waals surface area (Å²) in [7, 11) is 0. The molecular formula is C22H34N4O3S. The van der Waals surface area contributed by atoms with Crippen LogP contribution in [0.4, 0.5) is 0 Å². The van der Waals surface area contributed by atoms with Crippen molar-refractivity contribution in [3.05, 3.63) is 15.6 Å². The smallest absolute Gasteiger partial charge is 0.263 e. The predicted octanol–water partition coefficient (Wildman–Crippen LogP) is 2.37. The maximum Gasteiger partial charge on any atom is 0.263 e. The average molecular weight is 435 g/mol. The number of amides is 2. The zero-order valence-electron chi connectivity index (χ0n) is 18.2. The summed E-state index contributed by atoms with van der Waals surface area (Å²) in [5.41, 5.74) is 0.809. The lowest BCUT2D eigenvalue weighted by molar-refractivity contribution is -0.134. The minimum Gasteiger partial charge on any atom is -0.381 e. The van der Waals surface area contributed by atoms with Crippen molar-refractivity contribution in [2.75, 3.05) is 39.4 Å². The molecule has 3 fully saturated rings. The first-order valence-electron chi connectivity index (χ1n) is 11.4. The monoisotopic (exact) mass is 434 g/mol. The first kappa shape index (κ1) is 21.7. The van der Waals surface area contributed by atoms with Crippen LogP contribution in [0.15, 0.2) is 0 Å². The molecule has 4 rings (SSSR count). The first-order chi connectivity index (χ1) is 14.5. The SMILES string of the molecule is Cc1nc(C)c(C(=O)NCCN(C2CCOCC2)C2CCN(C(=O)C3CC3)CC2)s1. The number of aromatic nitrogens is 1. The van der Waals surface area contributed by atoms with Crippen LogP contribution < -0.4 is 5.32 Å². The fourth-order valence-corrected chi connectivity index (χ4v) is 5.64. The third-order valence-electron chi connectivity index (χ3n) is 6.60. The summed E-state index contributed by atoms with van der Waals surface area (Å²) in [6.45, 7) is 8.65. The third kappa shape index (κ3) is 5.21. The van der Waals surface area contributed by atoms with Crippen LogP contribution in [0, 0.1) is 19.8 Å². The molecule has 30 heavy (non-hydrogen) atoms. The predicted molar refractivity (Wildman–Crippen MR) is 117 cm³/mol. The highest BCUT2D eigenvalue weighted by atomic mass is 32.1. The molecular weight excluding hydrogens is 400 g/mol. The van der Waals surface area contributed by atoms with E-state index in [1.165, 1.54) is 11.3 Å². The van der Waals surface area contributed by atoms with E-state index in [0.717, 1.165) is 87.0 Å². The van der Waals surface area contributed by atoms with Crippen molar-refractivity contribution >= 4 is 23.2 Å². The van der Waals surface area contributed by atoms with E-state index in [0.29, 0.717) is 30.5 Å². The summed E-state index contributed by atoms with van der Waals surface area (Å²) in [4.78, 5) is 34.7. The van der Waals surface area contributed by atoms with Gasteiger partial charge in [0.1, 0.15) is 4.88 Å². The van der Waals surface area contributed by atoms with Gasteiger partial charge in [-0.25, -0.2) is 4.98 Å². The normalized spacial score (nSPS) is 21.2. The van der Waals surface area contributed by atoms with Gasteiger partial charge < -0.3 is 15.0 Å². The molecule has 0 spiro atoms. The van der Waals surface area contributed by atoms with Gasteiger partial charge in [0.2, 0.25) is 5.91 Å². The number of likely N-dealkylation sites (tertiary alicyclic amines) is 1. The van der Waals surface area contributed by atoms with Crippen molar-refractivity contribution in [3.63, 3.8) is 0 Å². The molecule has 3 aliphatic rings. The van der Waals surface area contributed by atoms with Crippen LogP contribution in [-0.2, 0) is 9.53 Å². The summed E-state index contributed by atoms with van der Waals surface area (Å²) >= 11 is 1.46. The summed E-state index contributed by atoms with van der Waals surface area (Å²) < 4.78 is 5.58. The van der Waals surface area contributed by atoms with E-state index in [2.05, 4.69) is 20.1 Å². The Morgan fingerprint density at radius 3 is 2.37 bits per heavy atom. The molecule has 1 aromatic heterocycles. The van der Waals surface area contributed by atoms with Crippen LogP contribution >= 0.6 is 11.3 Å². The van der Waals surface area contributed by atoms with Crippen molar-refractivity contribution in [2.45, 2.75) is 64.5 Å². The summed E-state index contributed by atoms with van der Waals surface area (Å²) in [6, 6.07) is 0.972. The number of hydrogen-bond acceptors (Lipinski definition) is 6. The van der Waals surface area contributed by atoms with Gasteiger partial charge in [0.15, 0.2) is 0 Å². The number of nitrogens with one attached hydrogen (secondary N) is 1. The minimum atomic E-state index is -0.0186. The van der Waals surface area contributed by atoms with Crippen molar-refractivity contribution < 1.29 is 14.3 Å². The largest absolute Gasteiger partial charge is 0.381 e. The van der Waals surface area contributed by atoms with Crippen LogP contribution in [-0.4, -0.2) is 78.1 Å². The molecule has 2 aliphatic heterocycles. The fourth-order valence-electron chi connectivity index (χ4n) is 4.81. The van der Waals surface area contributed by atoms with E-state index in [1.54, 1.807) is 0 Å². The number of aryl methyl sites for hydroxylation is 2. The van der Waals surface area contributed by atoms with Gasteiger partial charge in [-0.3, -0.25) is 14.5 Å². The van der Waals surface area contributed by atoms with Gasteiger partial charge in [-0.2, -0.15) is 0 Å². The average Bonchev–Trinajstić information content (AvgIpc) is 3.55. The number of hydrogen-bond donors (Lipinski definition) is 1. The molecule has 0 unspecified atom stereocenters. The summed E-state index contributed by atoms with van der Waals surface area (Å²) in [5, 5.41) is 4.03. The van der Waals surface area contributed by atoms with E-state index < -0.39 is 0 Å². The molecule has 1 N–H and O–H groups in total. The molecule has 3 heterocycles. The molecule has 166 valence electrons. The molecule has 0 atom stereocenters. The molecule has 8 heteroatoms. The van der Waals surface area contributed by atoms with Crippen LogP contribution in [0.5, 0.6) is 0 Å². The van der Waals surface area contributed by atoms with Crippen LogP contribution in [0.3, 0.4) is 0 Å². The number of nitrogens with zero attached hydrogens (tertiary/aromatic N) is 3. The zero-order valence-corrected chi connectivity index (χ0v) is 19.0. The van der Waals surface area contributed by atoms with Gasteiger partial charge in [-0.15, -0.1) is 11.3 Å². The van der Waals surface area contributed by atoms with E-state index in [1.807, 2.05) is 13.8 Å². The molecule has 2 saturated heterocycles. The molecule has 2 amide bonds. The Labute approximate surface area is 183 Å². The topological polar surface area (TPSA) is 74.8 Å². The molecule has 0 radical (unpaired) electrons. The maximum absolute atomic E-state index is 12.6. The van der Waals surface area contributed by atoms with Gasteiger partial charge in [-0.05, 0) is 52.4 Å².